The molecule has 2 heterocycles. The summed E-state index contributed by atoms with van der Waals surface area (Å²) in [6.07, 6.45) is 2.66. The lowest BCUT2D eigenvalue weighted by Crippen LogP contribution is -2.25. The number of nitrogens with zero attached hydrogens (tertiary/aromatic N) is 3. The number of likely N-dealkylation sites (N-methyl/N-ethyl adjacent to an activating group) is 1. The Morgan fingerprint density at radius 3 is 2.70 bits per heavy atom. The minimum absolute atomic E-state index is 0.154. The Bertz CT molecular complexity index is 595. The number of halogens is 2. The predicted molar refractivity (Wildman–Crippen MR) is 87.7 cm³/mol. The number of pyridine rings is 1. The zero-order valence-corrected chi connectivity index (χ0v) is 15.0. The van der Waals surface area contributed by atoms with Crippen molar-refractivity contribution >= 4 is 31.9 Å². The Morgan fingerprint density at radius 2 is 2.15 bits per heavy atom. The second-order valence-corrected chi connectivity index (χ2v) is 6.30. The highest BCUT2D eigenvalue weighted by Crippen LogP contribution is 2.28. The standard InChI is InChI=1S/C14H18Br2N4/c1-4-17-11(14-10(15)6-5-7-18-14)8-12-13(16)9(2)19-20(12)3/h5-7,11,17H,4,8H2,1-3H3. The Morgan fingerprint density at radius 1 is 1.40 bits per heavy atom. The van der Waals surface area contributed by atoms with E-state index >= 15 is 0 Å². The third-order valence-corrected chi connectivity index (χ3v) is 4.93. The van der Waals surface area contributed by atoms with Gasteiger partial charge in [0.25, 0.3) is 0 Å². The second-order valence-electron chi connectivity index (χ2n) is 4.65. The van der Waals surface area contributed by atoms with E-state index in [9.17, 15) is 0 Å². The SMILES string of the molecule is CCNC(Cc1c(Br)c(C)nn1C)c1ncccc1Br. The molecule has 0 amide bonds. The molecule has 4 nitrogen and oxygen atoms in total. The van der Waals surface area contributed by atoms with Gasteiger partial charge >= 0.3 is 0 Å². The third kappa shape index (κ3) is 3.30. The number of hydrogen-bond acceptors (Lipinski definition) is 3. The summed E-state index contributed by atoms with van der Waals surface area (Å²) in [4.78, 5) is 4.51. The highest BCUT2D eigenvalue weighted by Gasteiger charge is 2.20. The molecule has 2 aromatic rings. The van der Waals surface area contributed by atoms with Crippen LogP contribution in [0.15, 0.2) is 27.3 Å². The molecular weight excluding hydrogens is 384 g/mol. The summed E-state index contributed by atoms with van der Waals surface area (Å²) in [5.74, 6) is 0. The van der Waals surface area contributed by atoms with Crippen molar-refractivity contribution < 1.29 is 0 Å². The molecule has 0 saturated carbocycles. The molecule has 1 unspecified atom stereocenters. The van der Waals surface area contributed by atoms with Crippen molar-refractivity contribution in [3.05, 3.63) is 44.4 Å². The first-order chi connectivity index (χ1) is 9.54. The molecule has 0 aliphatic rings. The van der Waals surface area contributed by atoms with Crippen molar-refractivity contribution in [2.24, 2.45) is 7.05 Å². The highest BCUT2D eigenvalue weighted by atomic mass is 79.9. The first-order valence-electron chi connectivity index (χ1n) is 6.56. The molecule has 6 heteroatoms. The van der Waals surface area contributed by atoms with Crippen LogP contribution in [0.5, 0.6) is 0 Å². The zero-order valence-electron chi connectivity index (χ0n) is 11.8. The fourth-order valence-corrected chi connectivity index (χ4v) is 3.29. The van der Waals surface area contributed by atoms with E-state index < -0.39 is 0 Å². The van der Waals surface area contributed by atoms with Crippen LogP contribution in [-0.2, 0) is 13.5 Å². The Labute approximate surface area is 136 Å². The minimum Gasteiger partial charge on any atom is -0.309 e. The van der Waals surface area contributed by atoms with Crippen LogP contribution < -0.4 is 5.32 Å². The van der Waals surface area contributed by atoms with Gasteiger partial charge in [-0.15, -0.1) is 0 Å². The van der Waals surface area contributed by atoms with Gasteiger partial charge in [0.1, 0.15) is 0 Å². The fourth-order valence-electron chi connectivity index (χ4n) is 2.26. The van der Waals surface area contributed by atoms with Crippen molar-refractivity contribution in [1.29, 1.82) is 0 Å². The molecule has 0 radical (unpaired) electrons. The van der Waals surface area contributed by atoms with E-state index in [-0.39, 0.29) is 6.04 Å². The number of aromatic nitrogens is 3. The van der Waals surface area contributed by atoms with Gasteiger partial charge in [-0.3, -0.25) is 9.67 Å². The zero-order chi connectivity index (χ0) is 14.7. The Kier molecular flexibility index (Phi) is 5.35. The molecule has 0 spiro atoms. The quantitative estimate of drug-likeness (QED) is 0.832. The van der Waals surface area contributed by atoms with Gasteiger partial charge in [0.15, 0.2) is 0 Å². The summed E-state index contributed by atoms with van der Waals surface area (Å²) >= 11 is 7.21. The number of rotatable bonds is 5. The summed E-state index contributed by atoms with van der Waals surface area (Å²) in [6.45, 7) is 5.00. The molecule has 108 valence electrons. The summed E-state index contributed by atoms with van der Waals surface area (Å²) in [6, 6.07) is 4.11. The summed E-state index contributed by atoms with van der Waals surface area (Å²) in [7, 11) is 1.98. The second kappa shape index (κ2) is 6.83. The molecular formula is C14H18Br2N4. The number of hydrogen-bond donors (Lipinski definition) is 1. The van der Waals surface area contributed by atoms with E-state index in [2.05, 4.69) is 54.2 Å². The van der Waals surface area contributed by atoms with Gasteiger partial charge in [0, 0.05) is 24.1 Å². The molecule has 0 saturated heterocycles. The van der Waals surface area contributed by atoms with Crippen LogP contribution in [0.1, 0.15) is 30.0 Å². The van der Waals surface area contributed by atoms with Crippen LogP contribution in [0.2, 0.25) is 0 Å². The Hall–Kier alpha value is -0.720. The van der Waals surface area contributed by atoms with E-state index in [4.69, 9.17) is 0 Å². The lowest BCUT2D eigenvalue weighted by molar-refractivity contribution is 0.514. The lowest BCUT2D eigenvalue weighted by atomic mass is 10.1. The maximum atomic E-state index is 4.51. The van der Waals surface area contributed by atoms with Crippen molar-refractivity contribution in [1.82, 2.24) is 20.1 Å². The molecule has 1 atom stereocenters. The molecule has 0 aromatic carbocycles. The average Bonchev–Trinajstić information content (AvgIpc) is 2.65. The van der Waals surface area contributed by atoms with E-state index in [1.54, 1.807) is 0 Å². The first kappa shape index (κ1) is 15.7. The van der Waals surface area contributed by atoms with Crippen molar-refractivity contribution in [2.75, 3.05) is 6.54 Å². The molecule has 2 aromatic heterocycles. The number of aryl methyl sites for hydroxylation is 2. The number of nitrogens with one attached hydrogen (secondary N) is 1. The van der Waals surface area contributed by atoms with Crippen LogP contribution in [0.4, 0.5) is 0 Å². The van der Waals surface area contributed by atoms with Crippen LogP contribution in [0.25, 0.3) is 0 Å². The summed E-state index contributed by atoms with van der Waals surface area (Å²) in [5, 5.41) is 7.95. The van der Waals surface area contributed by atoms with Gasteiger partial charge in [-0.25, -0.2) is 0 Å². The monoisotopic (exact) mass is 400 g/mol. The van der Waals surface area contributed by atoms with Gasteiger partial charge in [-0.1, -0.05) is 6.92 Å². The Balaban J connectivity index is 2.33. The first-order valence-corrected chi connectivity index (χ1v) is 8.15. The molecule has 1 N–H and O–H groups in total. The fraction of sp³-hybridized carbons (Fsp3) is 0.429. The van der Waals surface area contributed by atoms with Crippen LogP contribution in [0, 0.1) is 6.92 Å². The van der Waals surface area contributed by atoms with Crippen molar-refractivity contribution in [2.45, 2.75) is 26.3 Å². The van der Waals surface area contributed by atoms with Gasteiger partial charge in [-0.05, 0) is 57.5 Å². The van der Waals surface area contributed by atoms with E-state index in [0.717, 1.165) is 33.3 Å². The maximum Gasteiger partial charge on any atom is 0.0738 e. The summed E-state index contributed by atoms with van der Waals surface area (Å²) in [5.41, 5.74) is 3.21. The minimum atomic E-state index is 0.154. The summed E-state index contributed by atoms with van der Waals surface area (Å²) < 4.78 is 4.04. The highest BCUT2D eigenvalue weighted by molar-refractivity contribution is 9.10. The third-order valence-electron chi connectivity index (χ3n) is 3.23. The lowest BCUT2D eigenvalue weighted by Gasteiger charge is -2.19. The van der Waals surface area contributed by atoms with Crippen molar-refractivity contribution in [3.8, 4) is 0 Å². The van der Waals surface area contributed by atoms with Gasteiger partial charge in [0.2, 0.25) is 0 Å². The van der Waals surface area contributed by atoms with E-state index in [1.165, 1.54) is 5.69 Å². The molecule has 2 rings (SSSR count). The largest absolute Gasteiger partial charge is 0.309 e. The maximum absolute atomic E-state index is 4.51. The van der Waals surface area contributed by atoms with Crippen LogP contribution >= 0.6 is 31.9 Å². The van der Waals surface area contributed by atoms with Crippen molar-refractivity contribution in [3.63, 3.8) is 0 Å². The molecule has 0 fully saturated rings. The predicted octanol–water partition coefficient (Wildman–Crippen LogP) is 3.54. The van der Waals surface area contributed by atoms with Crippen LogP contribution in [-0.4, -0.2) is 21.3 Å². The molecule has 20 heavy (non-hydrogen) atoms. The molecule has 0 aliphatic heterocycles. The van der Waals surface area contributed by atoms with Gasteiger partial charge in [-0.2, -0.15) is 5.10 Å². The molecule has 0 bridgehead atoms. The average molecular weight is 402 g/mol. The normalized spacial score (nSPS) is 12.7. The van der Waals surface area contributed by atoms with Gasteiger partial charge < -0.3 is 5.32 Å². The van der Waals surface area contributed by atoms with E-state index in [0.29, 0.717) is 0 Å². The topological polar surface area (TPSA) is 42.7 Å². The molecule has 0 aliphatic carbocycles. The van der Waals surface area contributed by atoms with E-state index in [1.807, 2.05) is 37.0 Å². The van der Waals surface area contributed by atoms with Gasteiger partial charge in [0.05, 0.1) is 27.6 Å². The van der Waals surface area contributed by atoms with Crippen LogP contribution in [0.3, 0.4) is 0 Å². The smallest absolute Gasteiger partial charge is 0.0738 e.